The number of rotatable bonds is 3. The fraction of sp³-hybridized carbons (Fsp3) is 0.0769. The van der Waals surface area contributed by atoms with Crippen LogP contribution in [0.2, 0.25) is 5.02 Å². The van der Waals surface area contributed by atoms with Crippen LogP contribution in [0.3, 0.4) is 0 Å². The molecule has 3 rings (SSSR count). The van der Waals surface area contributed by atoms with Gasteiger partial charge in [-0.2, -0.15) is 0 Å². The van der Waals surface area contributed by atoms with Crippen LogP contribution in [0.1, 0.15) is 5.82 Å². The summed E-state index contributed by atoms with van der Waals surface area (Å²) in [6.45, 7) is 0.193. The lowest BCUT2D eigenvalue weighted by Crippen LogP contribution is -2.06. The number of aromatic nitrogens is 4. The molecule has 0 fully saturated rings. The topological polar surface area (TPSA) is 86.8 Å². The van der Waals surface area contributed by atoms with E-state index in [0.717, 1.165) is 0 Å². The molecule has 2 heterocycles. The van der Waals surface area contributed by atoms with Gasteiger partial charge in [0.05, 0.1) is 0 Å². The Morgan fingerprint density at radius 2 is 1.80 bits per heavy atom. The Labute approximate surface area is 119 Å². The Bertz CT molecular complexity index is 747. The van der Waals surface area contributed by atoms with Crippen molar-refractivity contribution in [2.24, 2.45) is 0 Å². The van der Waals surface area contributed by atoms with E-state index >= 15 is 0 Å². The van der Waals surface area contributed by atoms with E-state index < -0.39 is 0 Å². The highest BCUT2D eigenvalue weighted by molar-refractivity contribution is 6.30. The zero-order valence-corrected chi connectivity index (χ0v) is 11.1. The van der Waals surface area contributed by atoms with Gasteiger partial charge in [-0.05, 0) is 24.3 Å². The molecule has 0 saturated heterocycles. The Balaban J connectivity index is 1.82. The first kappa shape index (κ1) is 12.6. The molecule has 0 spiro atoms. The van der Waals surface area contributed by atoms with Crippen LogP contribution >= 0.6 is 11.6 Å². The zero-order valence-electron chi connectivity index (χ0n) is 10.3. The summed E-state index contributed by atoms with van der Waals surface area (Å²) in [4.78, 5) is 16.6. The molecule has 100 valence electrons. The van der Waals surface area contributed by atoms with Crippen LogP contribution in [-0.4, -0.2) is 19.9 Å². The number of ether oxygens (including phenoxy) is 1. The minimum absolute atomic E-state index is 0.193. The fourth-order valence-corrected chi connectivity index (χ4v) is 1.80. The Morgan fingerprint density at radius 3 is 2.60 bits per heavy atom. The van der Waals surface area contributed by atoms with E-state index in [4.69, 9.17) is 22.1 Å². The second-order valence-corrected chi connectivity index (χ2v) is 4.43. The number of benzene rings is 1. The van der Waals surface area contributed by atoms with Gasteiger partial charge in [-0.1, -0.05) is 11.6 Å². The molecule has 0 amide bonds. The highest BCUT2D eigenvalue weighted by Crippen LogP contribution is 2.17. The van der Waals surface area contributed by atoms with Gasteiger partial charge < -0.3 is 10.5 Å². The van der Waals surface area contributed by atoms with Crippen LogP contribution in [0.4, 0.5) is 5.82 Å². The zero-order chi connectivity index (χ0) is 13.9. The standard InChI is InChI=1S/C13H10ClN5O/c14-8-1-3-9(4-2-8)20-7-10-18-12(15)11-13(19-10)17-6-5-16-11/h1-6H,7H2,(H2,15,17,18,19). The number of hydrogen-bond acceptors (Lipinski definition) is 6. The normalized spacial score (nSPS) is 10.7. The molecule has 1 aromatic carbocycles. The van der Waals surface area contributed by atoms with Crippen LogP contribution < -0.4 is 10.5 Å². The largest absolute Gasteiger partial charge is 0.486 e. The molecule has 20 heavy (non-hydrogen) atoms. The van der Waals surface area contributed by atoms with Crippen LogP contribution in [0, 0.1) is 0 Å². The summed E-state index contributed by atoms with van der Waals surface area (Å²) in [5.41, 5.74) is 6.76. The van der Waals surface area contributed by atoms with E-state index in [2.05, 4.69) is 19.9 Å². The first-order chi connectivity index (χ1) is 9.72. The molecule has 2 N–H and O–H groups in total. The van der Waals surface area contributed by atoms with Gasteiger partial charge in [-0.15, -0.1) is 0 Å². The van der Waals surface area contributed by atoms with Crippen molar-refractivity contribution >= 4 is 28.6 Å². The summed E-state index contributed by atoms with van der Waals surface area (Å²) in [5.74, 6) is 1.42. The van der Waals surface area contributed by atoms with Crippen molar-refractivity contribution in [3.63, 3.8) is 0 Å². The summed E-state index contributed by atoms with van der Waals surface area (Å²) < 4.78 is 5.56. The molecule has 6 nitrogen and oxygen atoms in total. The summed E-state index contributed by atoms with van der Waals surface area (Å²) in [7, 11) is 0. The second-order valence-electron chi connectivity index (χ2n) is 4.00. The van der Waals surface area contributed by atoms with E-state index in [-0.39, 0.29) is 12.4 Å². The van der Waals surface area contributed by atoms with E-state index in [9.17, 15) is 0 Å². The average molecular weight is 288 g/mol. The molecule has 7 heteroatoms. The van der Waals surface area contributed by atoms with Crippen molar-refractivity contribution in [2.75, 3.05) is 5.73 Å². The monoisotopic (exact) mass is 287 g/mol. The van der Waals surface area contributed by atoms with E-state index in [1.54, 1.807) is 36.7 Å². The summed E-state index contributed by atoms with van der Waals surface area (Å²) in [6, 6.07) is 7.04. The average Bonchev–Trinajstić information content (AvgIpc) is 2.47. The fourth-order valence-electron chi connectivity index (χ4n) is 1.68. The minimum atomic E-state index is 0.193. The highest BCUT2D eigenvalue weighted by Gasteiger charge is 2.07. The number of nitrogens with zero attached hydrogens (tertiary/aromatic N) is 4. The van der Waals surface area contributed by atoms with Crippen molar-refractivity contribution in [2.45, 2.75) is 6.61 Å². The Kier molecular flexibility index (Phi) is 3.30. The van der Waals surface area contributed by atoms with E-state index in [1.165, 1.54) is 0 Å². The third-order valence-electron chi connectivity index (χ3n) is 2.59. The first-order valence-corrected chi connectivity index (χ1v) is 6.21. The molecule has 3 aromatic rings. The third-order valence-corrected chi connectivity index (χ3v) is 2.84. The summed E-state index contributed by atoms with van der Waals surface area (Å²) >= 11 is 5.80. The molecule has 0 bridgehead atoms. The number of nitrogens with two attached hydrogens (primary N) is 1. The Hall–Kier alpha value is -2.47. The molecule has 0 atom stereocenters. The lowest BCUT2D eigenvalue weighted by Gasteiger charge is -2.06. The first-order valence-electron chi connectivity index (χ1n) is 5.84. The Morgan fingerprint density at radius 1 is 1.05 bits per heavy atom. The van der Waals surface area contributed by atoms with Crippen molar-refractivity contribution in [3.05, 3.63) is 47.5 Å². The van der Waals surface area contributed by atoms with Gasteiger partial charge in [-0.3, -0.25) is 0 Å². The van der Waals surface area contributed by atoms with Crippen molar-refractivity contribution in [1.82, 2.24) is 19.9 Å². The lowest BCUT2D eigenvalue weighted by atomic mass is 10.3. The van der Waals surface area contributed by atoms with Crippen LogP contribution in [0.5, 0.6) is 5.75 Å². The summed E-state index contributed by atoms with van der Waals surface area (Å²) in [6.07, 6.45) is 3.10. The second kappa shape index (κ2) is 5.26. The molecule has 2 aromatic heterocycles. The quantitative estimate of drug-likeness (QED) is 0.795. The molecule has 0 unspecified atom stereocenters. The van der Waals surface area contributed by atoms with Gasteiger partial charge in [0.15, 0.2) is 17.3 Å². The van der Waals surface area contributed by atoms with Crippen LogP contribution in [0.15, 0.2) is 36.7 Å². The molecule has 0 aliphatic heterocycles. The SMILES string of the molecule is Nc1nc(COc2ccc(Cl)cc2)nc2nccnc12. The molecule has 0 aliphatic carbocycles. The minimum Gasteiger partial charge on any atom is -0.486 e. The van der Waals surface area contributed by atoms with Gasteiger partial charge in [0.2, 0.25) is 0 Å². The number of nitrogen functional groups attached to an aromatic ring is 1. The van der Waals surface area contributed by atoms with Gasteiger partial charge in [0.1, 0.15) is 17.9 Å². The molecule has 0 aliphatic rings. The lowest BCUT2D eigenvalue weighted by molar-refractivity contribution is 0.296. The van der Waals surface area contributed by atoms with Crippen molar-refractivity contribution in [3.8, 4) is 5.75 Å². The molecule has 0 saturated carbocycles. The number of halogens is 1. The number of fused-ring (bicyclic) bond motifs is 1. The van der Waals surface area contributed by atoms with Gasteiger partial charge >= 0.3 is 0 Å². The predicted molar refractivity (Wildman–Crippen MR) is 75.3 cm³/mol. The number of anilines is 1. The summed E-state index contributed by atoms with van der Waals surface area (Å²) in [5, 5.41) is 0.652. The van der Waals surface area contributed by atoms with Gasteiger partial charge in [0.25, 0.3) is 0 Å². The molecular formula is C13H10ClN5O. The van der Waals surface area contributed by atoms with Crippen molar-refractivity contribution < 1.29 is 4.74 Å². The number of hydrogen-bond donors (Lipinski definition) is 1. The maximum absolute atomic E-state index is 5.82. The maximum Gasteiger partial charge on any atom is 0.183 e. The third kappa shape index (κ3) is 2.60. The van der Waals surface area contributed by atoms with Crippen LogP contribution in [0.25, 0.3) is 11.2 Å². The van der Waals surface area contributed by atoms with Gasteiger partial charge in [-0.25, -0.2) is 19.9 Å². The smallest absolute Gasteiger partial charge is 0.183 e. The van der Waals surface area contributed by atoms with E-state index in [1.807, 2.05) is 0 Å². The highest BCUT2D eigenvalue weighted by atomic mass is 35.5. The van der Waals surface area contributed by atoms with Crippen molar-refractivity contribution in [1.29, 1.82) is 0 Å². The molecule has 0 radical (unpaired) electrons. The van der Waals surface area contributed by atoms with Gasteiger partial charge in [0, 0.05) is 17.4 Å². The van der Waals surface area contributed by atoms with E-state index in [0.29, 0.717) is 27.8 Å². The maximum atomic E-state index is 5.82. The van der Waals surface area contributed by atoms with Crippen LogP contribution in [-0.2, 0) is 6.61 Å². The predicted octanol–water partition coefficient (Wildman–Crippen LogP) is 2.23. The molecular weight excluding hydrogens is 278 g/mol.